The van der Waals surface area contributed by atoms with Crippen LogP contribution in [0.1, 0.15) is 74.8 Å². The molecule has 0 bridgehead atoms. The van der Waals surface area contributed by atoms with Crippen LogP contribution in [0.5, 0.6) is 0 Å². The Kier molecular flexibility index (Phi) is 6.84. The van der Waals surface area contributed by atoms with Crippen molar-refractivity contribution in [3.8, 4) is 11.1 Å². The summed E-state index contributed by atoms with van der Waals surface area (Å²) in [5, 5.41) is 0. The highest BCUT2D eigenvalue weighted by Crippen LogP contribution is 2.46. The third-order valence-corrected chi connectivity index (χ3v) is 5.68. The SMILES string of the molecule is SCCCCCCCCCCC1c2ccccc2-c2ccccc21. The van der Waals surface area contributed by atoms with E-state index in [4.69, 9.17) is 0 Å². The summed E-state index contributed by atoms with van der Waals surface area (Å²) in [6.07, 6.45) is 12.3. The highest BCUT2D eigenvalue weighted by atomic mass is 32.1. The maximum absolute atomic E-state index is 4.27. The smallest absolute Gasteiger partial charge is 0.0102 e. The van der Waals surface area contributed by atoms with Gasteiger partial charge in [-0.05, 0) is 40.8 Å². The average molecular weight is 339 g/mol. The van der Waals surface area contributed by atoms with E-state index in [1.807, 2.05) is 0 Å². The number of thiol groups is 1. The van der Waals surface area contributed by atoms with Crippen LogP contribution in [0, 0.1) is 0 Å². The molecule has 2 aromatic rings. The molecule has 0 spiro atoms. The first-order chi connectivity index (χ1) is 11.9. The Bertz CT molecular complexity index is 586. The van der Waals surface area contributed by atoms with E-state index in [1.54, 1.807) is 11.1 Å². The standard InChI is InChI=1S/C23H30S/c24-18-12-6-4-2-1-3-5-7-13-19-20-14-8-10-16-22(20)23-17-11-9-15-21(19)23/h8-11,14-17,19,24H,1-7,12-13,18H2. The van der Waals surface area contributed by atoms with E-state index in [2.05, 4.69) is 61.2 Å². The van der Waals surface area contributed by atoms with Gasteiger partial charge in [0.15, 0.2) is 0 Å². The molecule has 0 saturated carbocycles. The highest BCUT2D eigenvalue weighted by molar-refractivity contribution is 7.80. The van der Waals surface area contributed by atoms with Gasteiger partial charge in [0, 0.05) is 5.92 Å². The summed E-state index contributed by atoms with van der Waals surface area (Å²) >= 11 is 4.27. The molecule has 0 heterocycles. The Balaban J connectivity index is 1.46. The minimum Gasteiger partial charge on any atom is -0.179 e. The Morgan fingerprint density at radius 3 is 1.58 bits per heavy atom. The van der Waals surface area contributed by atoms with E-state index in [9.17, 15) is 0 Å². The van der Waals surface area contributed by atoms with Crippen LogP contribution in [0.2, 0.25) is 0 Å². The topological polar surface area (TPSA) is 0 Å². The molecule has 0 saturated heterocycles. The van der Waals surface area contributed by atoms with E-state index in [-0.39, 0.29) is 0 Å². The molecule has 3 rings (SSSR count). The van der Waals surface area contributed by atoms with Gasteiger partial charge in [0.2, 0.25) is 0 Å². The van der Waals surface area contributed by atoms with Gasteiger partial charge in [-0.15, -0.1) is 0 Å². The molecule has 0 aromatic heterocycles. The Labute approximate surface area is 153 Å². The molecule has 0 amide bonds. The van der Waals surface area contributed by atoms with E-state index >= 15 is 0 Å². The molecule has 1 aliphatic carbocycles. The zero-order valence-corrected chi connectivity index (χ0v) is 15.6. The predicted octanol–water partition coefficient (Wildman–Crippen LogP) is 7.24. The van der Waals surface area contributed by atoms with Gasteiger partial charge in [-0.1, -0.05) is 93.5 Å². The number of hydrogen-bond donors (Lipinski definition) is 1. The molecule has 0 N–H and O–H groups in total. The van der Waals surface area contributed by atoms with Crippen molar-refractivity contribution < 1.29 is 0 Å². The first-order valence-electron chi connectivity index (χ1n) is 9.71. The van der Waals surface area contributed by atoms with Crippen LogP contribution in [-0.2, 0) is 0 Å². The molecule has 1 heteroatoms. The van der Waals surface area contributed by atoms with Gasteiger partial charge in [-0.2, -0.15) is 12.6 Å². The van der Waals surface area contributed by atoms with Crippen molar-refractivity contribution in [1.82, 2.24) is 0 Å². The molecule has 1 aliphatic rings. The molecule has 0 unspecified atom stereocenters. The summed E-state index contributed by atoms with van der Waals surface area (Å²) in [4.78, 5) is 0. The third-order valence-electron chi connectivity index (χ3n) is 5.36. The fourth-order valence-corrected chi connectivity index (χ4v) is 4.32. The monoisotopic (exact) mass is 338 g/mol. The van der Waals surface area contributed by atoms with Crippen LogP contribution in [0.3, 0.4) is 0 Å². The van der Waals surface area contributed by atoms with Crippen molar-refractivity contribution in [3.63, 3.8) is 0 Å². The number of rotatable bonds is 10. The molecule has 2 aromatic carbocycles. The second-order valence-corrected chi connectivity index (χ2v) is 7.52. The minimum atomic E-state index is 0.618. The van der Waals surface area contributed by atoms with E-state index in [0.717, 1.165) is 5.75 Å². The van der Waals surface area contributed by atoms with Crippen molar-refractivity contribution >= 4 is 12.6 Å². The predicted molar refractivity (Wildman–Crippen MR) is 109 cm³/mol. The van der Waals surface area contributed by atoms with Gasteiger partial charge in [0.25, 0.3) is 0 Å². The fraction of sp³-hybridized carbons (Fsp3) is 0.478. The third kappa shape index (κ3) is 4.25. The fourth-order valence-electron chi connectivity index (χ4n) is 4.09. The summed E-state index contributed by atoms with van der Waals surface area (Å²) in [5.41, 5.74) is 6.01. The first-order valence-corrected chi connectivity index (χ1v) is 10.3. The van der Waals surface area contributed by atoms with Crippen molar-refractivity contribution in [1.29, 1.82) is 0 Å². The van der Waals surface area contributed by atoms with Crippen LogP contribution in [-0.4, -0.2) is 5.75 Å². The largest absolute Gasteiger partial charge is 0.179 e. The summed E-state index contributed by atoms with van der Waals surface area (Å²) in [5.74, 6) is 1.66. The number of unbranched alkanes of at least 4 members (excludes halogenated alkanes) is 7. The Morgan fingerprint density at radius 2 is 1.04 bits per heavy atom. The molecule has 0 aliphatic heterocycles. The summed E-state index contributed by atoms with van der Waals surface area (Å²) in [6.45, 7) is 0. The molecular weight excluding hydrogens is 308 g/mol. The number of benzene rings is 2. The molecular formula is C23H30S. The minimum absolute atomic E-state index is 0.618. The van der Waals surface area contributed by atoms with E-state index in [0.29, 0.717) is 5.92 Å². The molecule has 128 valence electrons. The second-order valence-electron chi connectivity index (χ2n) is 7.07. The molecule has 0 fully saturated rings. The first kappa shape index (κ1) is 17.6. The molecule has 0 nitrogen and oxygen atoms in total. The van der Waals surface area contributed by atoms with Crippen molar-refractivity contribution in [3.05, 3.63) is 59.7 Å². The molecule has 0 atom stereocenters. The summed E-state index contributed by atoms with van der Waals surface area (Å²) in [7, 11) is 0. The Hall–Kier alpha value is -1.21. The lowest BCUT2D eigenvalue weighted by molar-refractivity contribution is 0.554. The van der Waals surface area contributed by atoms with Gasteiger partial charge in [0.1, 0.15) is 0 Å². The number of fused-ring (bicyclic) bond motifs is 3. The van der Waals surface area contributed by atoms with E-state index in [1.165, 1.54) is 68.9 Å². The highest BCUT2D eigenvalue weighted by Gasteiger charge is 2.27. The summed E-state index contributed by atoms with van der Waals surface area (Å²) in [6, 6.07) is 18.0. The zero-order chi connectivity index (χ0) is 16.6. The second kappa shape index (κ2) is 9.32. The van der Waals surface area contributed by atoms with Crippen LogP contribution in [0.15, 0.2) is 48.5 Å². The quantitative estimate of drug-likeness (QED) is 0.342. The van der Waals surface area contributed by atoms with Gasteiger partial charge in [-0.3, -0.25) is 0 Å². The van der Waals surface area contributed by atoms with Crippen LogP contribution < -0.4 is 0 Å². The normalized spacial score (nSPS) is 13.0. The summed E-state index contributed by atoms with van der Waals surface area (Å²) < 4.78 is 0. The van der Waals surface area contributed by atoms with Crippen LogP contribution in [0.4, 0.5) is 0 Å². The lowest BCUT2D eigenvalue weighted by Crippen LogP contribution is -1.96. The van der Waals surface area contributed by atoms with Gasteiger partial charge >= 0.3 is 0 Å². The molecule has 0 radical (unpaired) electrons. The van der Waals surface area contributed by atoms with Gasteiger partial charge < -0.3 is 0 Å². The van der Waals surface area contributed by atoms with Gasteiger partial charge in [0.05, 0.1) is 0 Å². The maximum Gasteiger partial charge on any atom is 0.0102 e. The zero-order valence-electron chi connectivity index (χ0n) is 14.7. The molecule has 24 heavy (non-hydrogen) atoms. The van der Waals surface area contributed by atoms with Crippen molar-refractivity contribution in [2.45, 2.75) is 63.7 Å². The lowest BCUT2D eigenvalue weighted by Gasteiger charge is -2.13. The van der Waals surface area contributed by atoms with Gasteiger partial charge in [-0.25, -0.2) is 0 Å². The average Bonchev–Trinajstić information content (AvgIpc) is 2.95. The van der Waals surface area contributed by atoms with Crippen LogP contribution >= 0.6 is 12.6 Å². The van der Waals surface area contributed by atoms with Crippen molar-refractivity contribution in [2.24, 2.45) is 0 Å². The van der Waals surface area contributed by atoms with E-state index < -0.39 is 0 Å². The Morgan fingerprint density at radius 1 is 0.583 bits per heavy atom. The van der Waals surface area contributed by atoms with Crippen molar-refractivity contribution in [2.75, 3.05) is 5.75 Å². The maximum atomic E-state index is 4.27. The lowest BCUT2D eigenvalue weighted by atomic mass is 9.91. The number of hydrogen-bond acceptors (Lipinski definition) is 1. The van der Waals surface area contributed by atoms with Crippen LogP contribution in [0.25, 0.3) is 11.1 Å².